The highest BCUT2D eigenvalue weighted by Crippen LogP contribution is 2.31. The van der Waals surface area contributed by atoms with E-state index in [1.165, 1.54) is 8.61 Å². The van der Waals surface area contributed by atoms with Crippen molar-refractivity contribution in [2.24, 2.45) is 10.3 Å². The fourth-order valence-electron chi connectivity index (χ4n) is 4.64. The fourth-order valence-corrected chi connectivity index (χ4v) is 8.21. The summed E-state index contributed by atoms with van der Waals surface area (Å²) < 4.78 is 64.7. The Hall–Kier alpha value is -1.92. The van der Waals surface area contributed by atoms with Crippen LogP contribution < -0.4 is 0 Å². The van der Waals surface area contributed by atoms with Crippen LogP contribution in [0.5, 0.6) is 0 Å². The molecule has 228 valence electrons. The lowest BCUT2D eigenvalue weighted by atomic mass is 10.1. The first-order valence-electron chi connectivity index (χ1n) is 13.3. The number of hydrogen-bond donors (Lipinski definition) is 0. The second-order valence-corrected chi connectivity index (χ2v) is 15.4. The summed E-state index contributed by atoms with van der Waals surface area (Å²) in [5.41, 5.74) is 1.82. The Morgan fingerprint density at radius 3 is 1.21 bits per heavy atom. The molecule has 0 aliphatic carbocycles. The van der Waals surface area contributed by atoms with E-state index in [1.54, 1.807) is 48.5 Å². The van der Waals surface area contributed by atoms with Crippen molar-refractivity contribution in [3.63, 3.8) is 0 Å². The van der Waals surface area contributed by atoms with Crippen LogP contribution in [0, 0.1) is 0 Å². The topological polar surface area (TPSA) is 136 Å². The third-order valence-electron chi connectivity index (χ3n) is 6.99. The molecular weight excluding hydrogens is 720 g/mol. The summed E-state index contributed by atoms with van der Waals surface area (Å²) in [5, 5.41) is 7.66. The highest BCUT2D eigenvalue weighted by molar-refractivity contribution is 9.18. The minimum Gasteiger partial charge on any atom is -0.386 e. The predicted octanol–water partition coefficient (Wildman–Crippen LogP) is 3.75. The number of oxime groups is 2. The monoisotopic (exact) mass is 748 g/mol. The van der Waals surface area contributed by atoms with Gasteiger partial charge in [-0.05, 0) is 67.3 Å². The lowest BCUT2D eigenvalue weighted by molar-refractivity contribution is 0.0730. The normalized spacial score (nSPS) is 23.7. The zero-order valence-corrected chi connectivity index (χ0v) is 27.3. The van der Waals surface area contributed by atoms with E-state index < -0.39 is 20.0 Å². The first-order chi connectivity index (χ1) is 20.1. The zero-order chi connectivity index (χ0) is 29.7. The largest absolute Gasteiger partial charge is 0.386 e. The van der Waals surface area contributed by atoms with Gasteiger partial charge in [-0.2, -0.15) is 8.61 Å². The molecule has 0 aromatic heterocycles. The summed E-state index contributed by atoms with van der Waals surface area (Å²) in [5.74, 6) is 0. The molecule has 42 heavy (non-hydrogen) atoms. The van der Waals surface area contributed by atoms with Crippen molar-refractivity contribution in [1.82, 2.24) is 8.61 Å². The van der Waals surface area contributed by atoms with E-state index in [1.807, 2.05) is 0 Å². The molecule has 4 heterocycles. The molecule has 6 rings (SSSR count). The molecule has 0 amide bonds. The summed E-state index contributed by atoms with van der Waals surface area (Å²) in [6, 6.07) is 13.6. The highest BCUT2D eigenvalue weighted by atomic mass is 79.9. The summed E-state index contributed by atoms with van der Waals surface area (Å²) in [4.78, 5) is 11.1. The predicted molar refractivity (Wildman–Crippen MR) is 162 cm³/mol. The van der Waals surface area contributed by atoms with Crippen LogP contribution in [0.25, 0.3) is 0 Å². The maximum absolute atomic E-state index is 12.5. The van der Waals surface area contributed by atoms with E-state index in [4.69, 9.17) is 19.1 Å². The van der Waals surface area contributed by atoms with E-state index in [0.717, 1.165) is 20.4 Å². The molecule has 16 heteroatoms. The zero-order valence-electron chi connectivity index (χ0n) is 22.5. The van der Waals surface area contributed by atoms with Gasteiger partial charge in [0.1, 0.15) is 9.24 Å². The van der Waals surface area contributed by atoms with Crippen molar-refractivity contribution >= 4 is 61.1 Å². The van der Waals surface area contributed by atoms with Crippen molar-refractivity contribution < 1.29 is 36.0 Å². The van der Waals surface area contributed by atoms with Crippen LogP contribution in [-0.4, -0.2) is 87.3 Å². The van der Waals surface area contributed by atoms with Crippen molar-refractivity contribution in [3.8, 4) is 0 Å². The number of halogens is 2. The number of nitrogens with zero attached hydrogens (tertiary/aromatic N) is 4. The number of sulfonamides is 2. The quantitative estimate of drug-likeness (QED) is 0.436. The highest BCUT2D eigenvalue weighted by Gasteiger charge is 2.29. The van der Waals surface area contributed by atoms with Gasteiger partial charge in [0.25, 0.3) is 0 Å². The smallest absolute Gasteiger partial charge is 0.243 e. The Morgan fingerprint density at radius 2 is 0.929 bits per heavy atom. The van der Waals surface area contributed by atoms with Crippen molar-refractivity contribution in [1.29, 1.82) is 0 Å². The molecule has 2 fully saturated rings. The van der Waals surface area contributed by atoms with E-state index in [2.05, 4.69) is 42.2 Å². The van der Waals surface area contributed by atoms with Gasteiger partial charge in [0.2, 0.25) is 20.0 Å². The van der Waals surface area contributed by atoms with Crippen LogP contribution in [0.15, 0.2) is 68.6 Å². The summed E-state index contributed by atoms with van der Waals surface area (Å²) >= 11 is 6.57. The second-order valence-electron chi connectivity index (χ2n) is 9.70. The lowest BCUT2D eigenvalue weighted by Gasteiger charge is -2.26. The van der Waals surface area contributed by atoms with Crippen molar-refractivity contribution in [2.75, 3.05) is 52.6 Å². The van der Waals surface area contributed by atoms with E-state index >= 15 is 0 Å². The molecule has 0 spiro atoms. The first kappa shape index (κ1) is 31.5. The Balaban J connectivity index is 0.000000168. The van der Waals surface area contributed by atoms with Gasteiger partial charge >= 0.3 is 0 Å². The van der Waals surface area contributed by atoms with E-state index in [-0.39, 0.29) is 12.2 Å². The standard InChI is InChI=1S/2C13H15BrN2O4S/c2*14-13-9-12(20-15-13)10-1-3-11(4-2-10)21(17,18)16-5-7-19-8-6-16/h2*1-4,12H,5-9H2/t2*12-/m10/s1. The SMILES string of the molecule is O=S(=O)(c1ccc([C@@H]2CC(Br)=NO2)cc1)N1CCOCC1.O=S(=O)(c1ccc([C@H]2CC(Br)=NO2)cc1)N1CCOCC1. The Kier molecular flexibility index (Phi) is 10.4. The van der Waals surface area contributed by atoms with Gasteiger partial charge < -0.3 is 19.1 Å². The van der Waals surface area contributed by atoms with Crippen LogP contribution in [-0.2, 0) is 39.2 Å². The van der Waals surface area contributed by atoms with Crippen LogP contribution in [0.4, 0.5) is 0 Å². The summed E-state index contributed by atoms with van der Waals surface area (Å²) in [6.07, 6.45) is 1.02. The molecule has 2 saturated heterocycles. The molecule has 0 unspecified atom stereocenters. The molecule has 12 nitrogen and oxygen atoms in total. The molecule has 0 N–H and O–H groups in total. The molecule has 4 aliphatic rings. The van der Waals surface area contributed by atoms with Crippen molar-refractivity contribution in [3.05, 3.63) is 59.7 Å². The minimum atomic E-state index is -3.44. The first-order valence-corrected chi connectivity index (χ1v) is 17.7. The number of morpholine rings is 2. The van der Waals surface area contributed by atoms with Gasteiger partial charge in [-0.25, -0.2) is 16.8 Å². The molecule has 0 radical (unpaired) electrons. The number of rotatable bonds is 6. The minimum absolute atomic E-state index is 0.153. The molecule has 4 aliphatic heterocycles. The maximum atomic E-state index is 12.5. The van der Waals surface area contributed by atoms with E-state index in [0.29, 0.717) is 75.2 Å². The number of ether oxygens (including phenoxy) is 2. The Morgan fingerprint density at radius 1 is 0.595 bits per heavy atom. The summed E-state index contributed by atoms with van der Waals surface area (Å²) in [7, 11) is -6.88. The number of benzene rings is 2. The van der Waals surface area contributed by atoms with Gasteiger partial charge in [0.15, 0.2) is 12.2 Å². The van der Waals surface area contributed by atoms with Crippen LogP contribution in [0.1, 0.15) is 36.2 Å². The molecule has 2 aromatic carbocycles. The third-order valence-corrected chi connectivity index (χ3v) is 11.7. The molecular formula is C26H30Br2N4O8S2. The van der Waals surface area contributed by atoms with Gasteiger partial charge in [-0.1, -0.05) is 34.6 Å². The van der Waals surface area contributed by atoms with E-state index in [9.17, 15) is 16.8 Å². The van der Waals surface area contributed by atoms with Gasteiger partial charge in [-0.3, -0.25) is 0 Å². The Bertz CT molecular complexity index is 1390. The van der Waals surface area contributed by atoms with Crippen LogP contribution in [0.2, 0.25) is 0 Å². The van der Waals surface area contributed by atoms with Gasteiger partial charge in [-0.15, -0.1) is 0 Å². The van der Waals surface area contributed by atoms with Gasteiger partial charge in [0.05, 0.1) is 36.2 Å². The molecule has 2 aromatic rings. The average molecular weight is 750 g/mol. The Labute approximate surface area is 262 Å². The lowest BCUT2D eigenvalue weighted by Crippen LogP contribution is -2.40. The van der Waals surface area contributed by atoms with Gasteiger partial charge in [0, 0.05) is 39.0 Å². The third kappa shape index (κ3) is 7.41. The van der Waals surface area contributed by atoms with Crippen LogP contribution in [0.3, 0.4) is 0 Å². The molecule has 0 bridgehead atoms. The average Bonchev–Trinajstić information content (AvgIpc) is 3.66. The second kappa shape index (κ2) is 13.8. The fraction of sp³-hybridized carbons (Fsp3) is 0.462. The summed E-state index contributed by atoms with van der Waals surface area (Å²) in [6.45, 7) is 3.37. The van der Waals surface area contributed by atoms with Crippen molar-refractivity contribution in [2.45, 2.75) is 34.8 Å². The molecule has 2 atom stereocenters. The number of hydrogen-bond acceptors (Lipinski definition) is 10. The maximum Gasteiger partial charge on any atom is 0.243 e. The molecule has 0 saturated carbocycles. The van der Waals surface area contributed by atoms with Crippen LogP contribution >= 0.6 is 31.9 Å².